The average molecular weight is 435 g/mol. The van der Waals surface area contributed by atoms with E-state index in [9.17, 15) is 23.3 Å². The normalized spacial score (nSPS) is 11.7. The van der Waals surface area contributed by atoms with Crippen LogP contribution in [0.3, 0.4) is 0 Å². The molecule has 0 aliphatic rings. The van der Waals surface area contributed by atoms with Crippen molar-refractivity contribution >= 4 is 27.3 Å². The molecule has 0 atom stereocenters. The number of sulfonamides is 1. The van der Waals surface area contributed by atoms with Gasteiger partial charge >= 0.3 is 0 Å². The van der Waals surface area contributed by atoms with Crippen molar-refractivity contribution in [3.8, 4) is 0 Å². The highest BCUT2D eigenvalue weighted by Gasteiger charge is 2.24. The summed E-state index contributed by atoms with van der Waals surface area (Å²) in [7, 11) is -3.74. The van der Waals surface area contributed by atoms with Gasteiger partial charge in [0.1, 0.15) is 5.69 Å². The van der Waals surface area contributed by atoms with Crippen LogP contribution < -0.4 is 15.4 Å². The fourth-order valence-corrected chi connectivity index (χ4v) is 4.40. The lowest BCUT2D eigenvalue weighted by atomic mass is 10.1. The van der Waals surface area contributed by atoms with E-state index in [-0.39, 0.29) is 36.0 Å². The number of nitro groups is 1. The highest BCUT2D eigenvalue weighted by molar-refractivity contribution is 7.89. The van der Waals surface area contributed by atoms with Crippen LogP contribution in [0.25, 0.3) is 0 Å². The summed E-state index contributed by atoms with van der Waals surface area (Å²) in [5, 5.41) is 16.6. The highest BCUT2D eigenvalue weighted by atomic mass is 32.2. The Hall–Kier alpha value is -2.98. The van der Waals surface area contributed by atoms with E-state index < -0.39 is 20.5 Å². The second kappa shape index (κ2) is 9.68. The molecule has 0 radical (unpaired) electrons. The van der Waals surface area contributed by atoms with Crippen LogP contribution in [0, 0.1) is 10.1 Å². The summed E-state index contributed by atoms with van der Waals surface area (Å²) in [5.74, 6) is -0.308. The third kappa shape index (κ3) is 6.82. The van der Waals surface area contributed by atoms with Crippen molar-refractivity contribution in [3.05, 3.63) is 64.2 Å². The molecular weight excluding hydrogens is 408 g/mol. The topological polar surface area (TPSA) is 130 Å². The van der Waals surface area contributed by atoms with Crippen LogP contribution in [0.15, 0.2) is 53.4 Å². The van der Waals surface area contributed by atoms with Gasteiger partial charge in [0, 0.05) is 31.1 Å². The first-order chi connectivity index (χ1) is 14.0. The molecule has 0 heterocycles. The molecule has 0 bridgehead atoms. The maximum atomic E-state index is 12.6. The zero-order valence-electron chi connectivity index (χ0n) is 17.1. The number of nitro benzene ring substituents is 1. The molecule has 3 N–H and O–H groups in total. The van der Waals surface area contributed by atoms with Gasteiger partial charge in [-0.1, -0.05) is 30.3 Å². The van der Waals surface area contributed by atoms with Crippen molar-refractivity contribution in [2.24, 2.45) is 0 Å². The number of amides is 1. The first-order valence-electron chi connectivity index (χ1n) is 9.35. The predicted octanol–water partition coefficient (Wildman–Crippen LogP) is 2.79. The van der Waals surface area contributed by atoms with Crippen LogP contribution in [0.5, 0.6) is 0 Å². The van der Waals surface area contributed by atoms with Gasteiger partial charge in [0.2, 0.25) is 15.9 Å². The largest absolute Gasteiger partial charge is 0.379 e. The molecular formula is C20H26N4O5S. The van der Waals surface area contributed by atoms with E-state index in [0.717, 1.165) is 0 Å². The maximum absolute atomic E-state index is 12.6. The molecule has 0 spiro atoms. The Morgan fingerprint density at radius 3 is 2.37 bits per heavy atom. The summed E-state index contributed by atoms with van der Waals surface area (Å²) in [6.07, 6.45) is 0.0706. The van der Waals surface area contributed by atoms with E-state index in [1.165, 1.54) is 12.1 Å². The van der Waals surface area contributed by atoms with Gasteiger partial charge in [0.25, 0.3) is 5.69 Å². The number of carbonyl (C=O) groups excluding carboxylic acids is 1. The first-order valence-corrected chi connectivity index (χ1v) is 10.8. The molecule has 0 aliphatic heterocycles. The van der Waals surface area contributed by atoms with E-state index in [0.29, 0.717) is 11.3 Å². The van der Waals surface area contributed by atoms with Gasteiger partial charge in [-0.2, -0.15) is 0 Å². The summed E-state index contributed by atoms with van der Waals surface area (Å²) in [6.45, 7) is 5.49. The number of carbonyl (C=O) groups is 1. The molecule has 0 fully saturated rings. The average Bonchev–Trinajstić information content (AvgIpc) is 2.65. The molecule has 0 saturated carbocycles. The SMILES string of the molecule is CC(C)(C)NS(=O)(=O)c1ccccc1CNC(=O)CCNc1ccccc1[N+](=O)[O-]. The molecule has 2 aromatic rings. The van der Waals surface area contributed by atoms with Crippen LogP contribution in [0.1, 0.15) is 32.8 Å². The molecule has 9 nitrogen and oxygen atoms in total. The summed E-state index contributed by atoms with van der Waals surface area (Å²) >= 11 is 0. The zero-order valence-corrected chi connectivity index (χ0v) is 18.0. The Bertz CT molecular complexity index is 1020. The minimum atomic E-state index is -3.74. The molecule has 0 saturated heterocycles. The standard InChI is InChI=1S/C20H26N4O5S/c1-20(2,3)23-30(28,29)18-11-7-4-8-15(18)14-22-19(25)12-13-21-16-9-5-6-10-17(16)24(26)27/h4-11,21,23H,12-14H2,1-3H3,(H,22,25). The Kier molecular flexibility index (Phi) is 7.52. The summed E-state index contributed by atoms with van der Waals surface area (Å²) in [6, 6.07) is 12.6. The van der Waals surface area contributed by atoms with Gasteiger partial charge in [0.15, 0.2) is 0 Å². The van der Waals surface area contributed by atoms with Gasteiger partial charge in [-0.15, -0.1) is 0 Å². The maximum Gasteiger partial charge on any atom is 0.292 e. The van der Waals surface area contributed by atoms with Crippen LogP contribution in [-0.4, -0.2) is 31.3 Å². The number of hydrogen-bond acceptors (Lipinski definition) is 6. The Morgan fingerprint density at radius 2 is 1.70 bits per heavy atom. The van der Waals surface area contributed by atoms with Gasteiger partial charge in [0.05, 0.1) is 9.82 Å². The highest BCUT2D eigenvalue weighted by Crippen LogP contribution is 2.23. The van der Waals surface area contributed by atoms with E-state index in [1.54, 1.807) is 57.2 Å². The van der Waals surface area contributed by atoms with Crippen molar-refractivity contribution in [1.29, 1.82) is 0 Å². The van der Waals surface area contributed by atoms with E-state index >= 15 is 0 Å². The molecule has 0 aromatic heterocycles. The molecule has 2 aromatic carbocycles. The van der Waals surface area contributed by atoms with Crippen molar-refractivity contribution in [2.75, 3.05) is 11.9 Å². The number of hydrogen-bond donors (Lipinski definition) is 3. The van der Waals surface area contributed by atoms with Crippen LogP contribution in [-0.2, 0) is 21.4 Å². The van der Waals surface area contributed by atoms with Crippen molar-refractivity contribution in [2.45, 2.75) is 44.2 Å². The lowest BCUT2D eigenvalue weighted by molar-refractivity contribution is -0.384. The summed E-state index contributed by atoms with van der Waals surface area (Å²) < 4.78 is 27.9. The van der Waals surface area contributed by atoms with E-state index in [1.807, 2.05) is 0 Å². The summed E-state index contributed by atoms with van der Waals surface area (Å²) in [4.78, 5) is 22.8. The predicted molar refractivity (Wildman–Crippen MR) is 115 cm³/mol. The van der Waals surface area contributed by atoms with Crippen molar-refractivity contribution < 1.29 is 18.1 Å². The Balaban J connectivity index is 1.96. The zero-order chi connectivity index (χ0) is 22.4. The molecule has 0 unspecified atom stereocenters. The number of nitrogens with one attached hydrogen (secondary N) is 3. The van der Waals surface area contributed by atoms with Crippen molar-refractivity contribution in [3.63, 3.8) is 0 Å². The fraction of sp³-hybridized carbons (Fsp3) is 0.350. The van der Waals surface area contributed by atoms with Gasteiger partial charge in [-0.3, -0.25) is 14.9 Å². The van der Waals surface area contributed by atoms with Crippen LogP contribution in [0.4, 0.5) is 11.4 Å². The third-order valence-electron chi connectivity index (χ3n) is 3.95. The van der Waals surface area contributed by atoms with Crippen molar-refractivity contribution in [1.82, 2.24) is 10.0 Å². The lowest BCUT2D eigenvalue weighted by Gasteiger charge is -2.21. The summed E-state index contributed by atoms with van der Waals surface area (Å²) in [5.41, 5.74) is 0.0959. The monoisotopic (exact) mass is 434 g/mol. The molecule has 30 heavy (non-hydrogen) atoms. The second-order valence-electron chi connectivity index (χ2n) is 7.69. The molecule has 0 aliphatic carbocycles. The van der Waals surface area contributed by atoms with E-state index in [2.05, 4.69) is 15.4 Å². The third-order valence-corrected chi connectivity index (χ3v) is 5.81. The number of rotatable bonds is 9. The Morgan fingerprint density at radius 1 is 1.07 bits per heavy atom. The number of benzene rings is 2. The van der Waals surface area contributed by atoms with E-state index in [4.69, 9.17) is 0 Å². The molecule has 162 valence electrons. The molecule has 1 amide bonds. The molecule has 10 heteroatoms. The lowest BCUT2D eigenvalue weighted by Crippen LogP contribution is -2.41. The molecule has 2 rings (SSSR count). The minimum absolute atomic E-state index is 0.0472. The number of nitrogens with zero attached hydrogens (tertiary/aromatic N) is 1. The smallest absolute Gasteiger partial charge is 0.292 e. The Labute approximate surface area is 176 Å². The van der Waals surface area contributed by atoms with Gasteiger partial charge < -0.3 is 10.6 Å². The number of para-hydroxylation sites is 2. The fourth-order valence-electron chi connectivity index (χ4n) is 2.75. The van der Waals surface area contributed by atoms with Crippen LogP contribution in [0.2, 0.25) is 0 Å². The van der Waals surface area contributed by atoms with Crippen LogP contribution >= 0.6 is 0 Å². The van der Waals surface area contributed by atoms with Gasteiger partial charge in [-0.05, 0) is 38.5 Å². The second-order valence-corrected chi connectivity index (χ2v) is 9.34. The minimum Gasteiger partial charge on any atom is -0.379 e. The number of anilines is 1. The van der Waals surface area contributed by atoms with Gasteiger partial charge in [-0.25, -0.2) is 13.1 Å². The quantitative estimate of drug-likeness (QED) is 0.411. The first kappa shape index (κ1) is 23.3.